The van der Waals surface area contributed by atoms with Gasteiger partial charge in [-0.15, -0.1) is 11.3 Å². The second-order valence-corrected chi connectivity index (χ2v) is 17.2. The quantitative estimate of drug-likeness (QED) is 0.157. The molecule has 0 saturated carbocycles. The van der Waals surface area contributed by atoms with E-state index in [4.69, 9.17) is 0 Å². The lowest BCUT2D eigenvalue weighted by molar-refractivity contribution is 1.31. The second kappa shape index (κ2) is 13.7. The van der Waals surface area contributed by atoms with Crippen LogP contribution in [0.25, 0.3) is 96.3 Å². The maximum absolute atomic E-state index is 2.47. The van der Waals surface area contributed by atoms with E-state index in [1.54, 1.807) is 0 Å². The van der Waals surface area contributed by atoms with Crippen molar-refractivity contribution in [1.82, 2.24) is 0 Å². The molecule has 2 heteroatoms. The number of hydrogen-bond acceptors (Lipinski definition) is 2. The maximum Gasteiger partial charge on any atom is 0.0540 e. The van der Waals surface area contributed by atoms with Gasteiger partial charge < -0.3 is 4.90 Å². The molecule has 0 bridgehead atoms. The van der Waals surface area contributed by atoms with Gasteiger partial charge >= 0.3 is 0 Å². The molecule has 0 aliphatic rings. The minimum absolute atomic E-state index is 1.13. The third kappa shape index (κ3) is 5.38. The molecular formula is C58H39NS. The normalized spacial score (nSPS) is 11.8. The molecule has 0 fully saturated rings. The summed E-state index contributed by atoms with van der Waals surface area (Å²) in [6.07, 6.45) is 0. The standard InChI is InChI=1S/C58H39NS/c1-36-23-31-53(45-15-5-3-13-43(36)45)59(54-32-24-37(2)44-14-4-6-16-46(44)54)42-29-27-38-33-40(26-25-39(38)34-42)57-49-18-7-9-20-51(49)58(52-21-10-8-19-50(52)57)41-28-30-48-47-17-11-12-22-55(47)60-56(48)35-41/h3-35H,1-2H3. The molecule has 0 radical (unpaired) electrons. The monoisotopic (exact) mass is 781 g/mol. The number of hydrogen-bond donors (Lipinski definition) is 0. The molecule has 1 nitrogen and oxygen atoms in total. The number of benzene rings is 11. The molecule has 0 spiro atoms. The van der Waals surface area contributed by atoms with Gasteiger partial charge in [0.05, 0.1) is 11.4 Å². The summed E-state index contributed by atoms with van der Waals surface area (Å²) < 4.78 is 2.66. The zero-order valence-electron chi connectivity index (χ0n) is 33.4. The van der Waals surface area contributed by atoms with Gasteiger partial charge in [-0.25, -0.2) is 0 Å². The lowest BCUT2D eigenvalue weighted by Gasteiger charge is -2.29. The third-order valence-corrected chi connectivity index (χ3v) is 13.8. The Morgan fingerprint density at radius 3 is 1.33 bits per heavy atom. The molecule has 0 aliphatic carbocycles. The molecule has 1 aromatic heterocycles. The van der Waals surface area contributed by atoms with E-state index in [2.05, 4.69) is 219 Å². The molecule has 0 atom stereocenters. The second-order valence-electron chi connectivity index (χ2n) is 16.1. The van der Waals surface area contributed by atoms with E-state index < -0.39 is 0 Å². The Hall–Kier alpha value is -7.26. The summed E-state index contributed by atoms with van der Waals surface area (Å²) in [5, 5.41) is 15.2. The SMILES string of the molecule is Cc1ccc(N(c2ccc3cc(-c4c5ccccc5c(-c5ccc6c(c5)sc5ccccc56)c5ccccc45)ccc3c2)c2ccc(C)c3ccccc23)c2ccccc12. The lowest BCUT2D eigenvalue weighted by atomic mass is 9.85. The van der Waals surface area contributed by atoms with Gasteiger partial charge in [0, 0.05) is 36.6 Å². The van der Waals surface area contributed by atoms with Crippen LogP contribution in [0, 0.1) is 13.8 Å². The summed E-state index contributed by atoms with van der Waals surface area (Å²) >= 11 is 1.88. The highest BCUT2D eigenvalue weighted by atomic mass is 32.1. The summed E-state index contributed by atoms with van der Waals surface area (Å²) in [6, 6.07) is 74.5. The molecule has 0 unspecified atom stereocenters. The van der Waals surface area contributed by atoms with E-state index in [1.807, 2.05) is 11.3 Å². The molecule has 0 saturated heterocycles. The Kier molecular flexibility index (Phi) is 7.91. The fourth-order valence-electron chi connectivity index (χ4n) is 9.83. The number of fused-ring (bicyclic) bond motifs is 8. The highest BCUT2D eigenvalue weighted by Gasteiger charge is 2.21. The molecule has 12 aromatic rings. The van der Waals surface area contributed by atoms with E-state index in [1.165, 1.54) is 119 Å². The van der Waals surface area contributed by atoms with Crippen molar-refractivity contribution in [3.05, 3.63) is 211 Å². The first kappa shape index (κ1) is 34.8. The maximum atomic E-state index is 2.47. The lowest BCUT2D eigenvalue weighted by Crippen LogP contribution is -2.11. The largest absolute Gasteiger partial charge is 0.309 e. The van der Waals surface area contributed by atoms with Crippen molar-refractivity contribution in [1.29, 1.82) is 0 Å². The van der Waals surface area contributed by atoms with E-state index in [9.17, 15) is 0 Å². The zero-order chi connectivity index (χ0) is 39.9. The number of rotatable bonds is 5. The van der Waals surface area contributed by atoms with Gasteiger partial charge in [-0.2, -0.15) is 0 Å². The molecule has 12 rings (SSSR count). The van der Waals surface area contributed by atoms with Crippen molar-refractivity contribution < 1.29 is 0 Å². The van der Waals surface area contributed by atoms with E-state index in [-0.39, 0.29) is 0 Å². The Labute approximate surface area is 353 Å². The van der Waals surface area contributed by atoms with Crippen molar-refractivity contribution in [2.75, 3.05) is 4.90 Å². The van der Waals surface area contributed by atoms with Crippen molar-refractivity contribution in [3.8, 4) is 22.3 Å². The topological polar surface area (TPSA) is 3.24 Å². The predicted octanol–water partition coefficient (Wildman–Crippen LogP) is 17.2. The third-order valence-electron chi connectivity index (χ3n) is 12.7. The van der Waals surface area contributed by atoms with Gasteiger partial charge in [-0.3, -0.25) is 0 Å². The van der Waals surface area contributed by atoms with E-state index >= 15 is 0 Å². The Morgan fingerprint density at radius 1 is 0.317 bits per heavy atom. The Morgan fingerprint density at radius 2 is 0.750 bits per heavy atom. The summed E-state index contributed by atoms with van der Waals surface area (Å²) in [5.74, 6) is 0. The van der Waals surface area contributed by atoms with Crippen LogP contribution in [-0.2, 0) is 0 Å². The first-order valence-electron chi connectivity index (χ1n) is 20.8. The average molecular weight is 782 g/mol. The van der Waals surface area contributed by atoms with Gasteiger partial charge in [0.1, 0.15) is 0 Å². The van der Waals surface area contributed by atoms with Gasteiger partial charge in [0.15, 0.2) is 0 Å². The van der Waals surface area contributed by atoms with Crippen LogP contribution in [0.2, 0.25) is 0 Å². The summed E-state index contributed by atoms with van der Waals surface area (Å²) in [7, 11) is 0. The van der Waals surface area contributed by atoms with Gasteiger partial charge in [-0.1, -0.05) is 158 Å². The first-order chi connectivity index (χ1) is 29.6. The fraction of sp³-hybridized carbons (Fsp3) is 0.0345. The predicted molar refractivity (Wildman–Crippen MR) is 262 cm³/mol. The van der Waals surface area contributed by atoms with Gasteiger partial charge in [-0.05, 0) is 133 Å². The van der Waals surface area contributed by atoms with Crippen LogP contribution >= 0.6 is 11.3 Å². The summed E-state index contributed by atoms with van der Waals surface area (Å²) in [5.41, 5.74) is 11.1. The van der Waals surface area contributed by atoms with Crippen LogP contribution in [0.3, 0.4) is 0 Å². The molecule has 1 heterocycles. The minimum atomic E-state index is 1.13. The minimum Gasteiger partial charge on any atom is -0.309 e. The number of thiophene rings is 1. The van der Waals surface area contributed by atoms with Crippen LogP contribution in [0.4, 0.5) is 17.1 Å². The van der Waals surface area contributed by atoms with Crippen LogP contribution in [0.15, 0.2) is 200 Å². The Bertz CT molecular complexity index is 3560. The van der Waals surface area contributed by atoms with Gasteiger partial charge in [0.25, 0.3) is 0 Å². The van der Waals surface area contributed by atoms with Crippen molar-refractivity contribution in [2.24, 2.45) is 0 Å². The highest BCUT2D eigenvalue weighted by Crippen LogP contribution is 2.47. The molecular weight excluding hydrogens is 743 g/mol. The zero-order valence-corrected chi connectivity index (χ0v) is 34.2. The van der Waals surface area contributed by atoms with Crippen LogP contribution in [0.1, 0.15) is 11.1 Å². The first-order valence-corrected chi connectivity index (χ1v) is 21.6. The van der Waals surface area contributed by atoms with Crippen LogP contribution < -0.4 is 4.90 Å². The number of aryl methyl sites for hydroxylation is 2. The molecule has 0 aliphatic heterocycles. The van der Waals surface area contributed by atoms with Crippen molar-refractivity contribution in [3.63, 3.8) is 0 Å². The molecule has 0 amide bonds. The average Bonchev–Trinajstić information content (AvgIpc) is 3.67. The molecule has 0 N–H and O–H groups in total. The van der Waals surface area contributed by atoms with E-state index in [0.717, 1.165) is 5.69 Å². The number of anilines is 3. The highest BCUT2D eigenvalue weighted by molar-refractivity contribution is 7.25. The molecule has 282 valence electrons. The van der Waals surface area contributed by atoms with Crippen LogP contribution in [0.5, 0.6) is 0 Å². The molecule has 11 aromatic carbocycles. The van der Waals surface area contributed by atoms with Crippen LogP contribution in [-0.4, -0.2) is 0 Å². The summed E-state index contributed by atoms with van der Waals surface area (Å²) in [6.45, 7) is 4.41. The van der Waals surface area contributed by atoms with Crippen molar-refractivity contribution in [2.45, 2.75) is 13.8 Å². The van der Waals surface area contributed by atoms with Gasteiger partial charge in [0.2, 0.25) is 0 Å². The summed E-state index contributed by atoms with van der Waals surface area (Å²) in [4.78, 5) is 2.47. The smallest absolute Gasteiger partial charge is 0.0540 e. The molecule has 60 heavy (non-hydrogen) atoms. The van der Waals surface area contributed by atoms with E-state index in [0.29, 0.717) is 0 Å². The fourth-order valence-corrected chi connectivity index (χ4v) is 11.0. The Balaban J connectivity index is 1.04. The number of nitrogens with zero attached hydrogens (tertiary/aromatic N) is 1. The van der Waals surface area contributed by atoms with Crippen molar-refractivity contribution >= 4 is 102 Å².